The van der Waals surface area contributed by atoms with E-state index in [0.717, 1.165) is 0 Å². The molecule has 9 heteroatoms. The Morgan fingerprint density at radius 3 is 2.56 bits per heavy atom. The number of halogens is 2. The first kappa shape index (κ1) is 19.0. The van der Waals surface area contributed by atoms with Crippen LogP contribution in [0.25, 0.3) is 0 Å². The monoisotopic (exact) mass is 383 g/mol. The maximum atomic E-state index is 11.8. The van der Waals surface area contributed by atoms with Crippen LogP contribution in [0.3, 0.4) is 0 Å². The number of pyridine rings is 1. The first-order valence-electron chi connectivity index (χ1n) is 7.18. The largest absolute Gasteiger partial charge is 0.487 e. The molecule has 132 valence electrons. The lowest BCUT2D eigenvalue weighted by molar-refractivity contribution is -0.122. The predicted octanol–water partition coefficient (Wildman–Crippen LogP) is 2.01. The zero-order valence-corrected chi connectivity index (χ0v) is 14.4. The minimum Gasteiger partial charge on any atom is -0.487 e. The standard InChI is InChI=1S/C16H15Cl2N3O4/c17-12-2-1-3-13(18)11(12)8-25-10-4-5-15(19-6-10)21-16(24)14(7-22)20-9-23/h1-6,9,14,22H,7-8H2,(H,20,23)(H,19,21,24)/t14-/m1/s1. The minimum absolute atomic E-state index is 0.168. The molecule has 0 saturated carbocycles. The second kappa shape index (κ2) is 9.22. The molecule has 0 aliphatic heterocycles. The number of nitrogens with zero attached hydrogens (tertiary/aromatic N) is 1. The molecular formula is C16H15Cl2N3O4. The average Bonchev–Trinajstić information content (AvgIpc) is 2.60. The molecule has 0 aliphatic carbocycles. The van der Waals surface area contributed by atoms with Crippen molar-refractivity contribution in [2.75, 3.05) is 11.9 Å². The van der Waals surface area contributed by atoms with Crippen molar-refractivity contribution in [2.24, 2.45) is 0 Å². The number of hydrogen-bond donors (Lipinski definition) is 3. The average molecular weight is 384 g/mol. The van der Waals surface area contributed by atoms with Crippen molar-refractivity contribution in [3.05, 3.63) is 52.1 Å². The predicted molar refractivity (Wildman–Crippen MR) is 93.7 cm³/mol. The number of anilines is 1. The number of aliphatic hydroxyl groups is 1. The van der Waals surface area contributed by atoms with Crippen molar-refractivity contribution in [3.63, 3.8) is 0 Å². The third-order valence-electron chi connectivity index (χ3n) is 3.20. The molecule has 1 aromatic heterocycles. The van der Waals surface area contributed by atoms with Gasteiger partial charge in [0, 0.05) is 15.6 Å². The number of carbonyl (C=O) groups excluding carboxylic acids is 2. The number of benzene rings is 1. The van der Waals surface area contributed by atoms with Gasteiger partial charge in [0.2, 0.25) is 12.3 Å². The van der Waals surface area contributed by atoms with E-state index in [2.05, 4.69) is 15.6 Å². The summed E-state index contributed by atoms with van der Waals surface area (Å²) in [5.41, 5.74) is 0.661. The van der Waals surface area contributed by atoms with E-state index in [1.54, 1.807) is 24.3 Å². The fraction of sp³-hybridized carbons (Fsp3) is 0.188. The van der Waals surface area contributed by atoms with Gasteiger partial charge in [-0.15, -0.1) is 0 Å². The number of amides is 2. The lowest BCUT2D eigenvalue weighted by Gasteiger charge is -2.13. The number of aromatic nitrogens is 1. The first-order valence-corrected chi connectivity index (χ1v) is 7.94. The van der Waals surface area contributed by atoms with Crippen LogP contribution in [0.4, 0.5) is 5.82 Å². The number of hydrogen-bond acceptors (Lipinski definition) is 5. The van der Waals surface area contributed by atoms with Crippen molar-refractivity contribution >= 4 is 41.3 Å². The van der Waals surface area contributed by atoms with Crippen LogP contribution >= 0.6 is 23.2 Å². The van der Waals surface area contributed by atoms with Crippen molar-refractivity contribution in [2.45, 2.75) is 12.6 Å². The molecule has 7 nitrogen and oxygen atoms in total. The number of carbonyl (C=O) groups is 2. The first-order chi connectivity index (χ1) is 12.0. The van der Waals surface area contributed by atoms with Gasteiger partial charge in [-0.2, -0.15) is 0 Å². The van der Waals surface area contributed by atoms with E-state index in [-0.39, 0.29) is 12.4 Å². The van der Waals surface area contributed by atoms with Gasteiger partial charge in [0.15, 0.2) is 0 Å². The maximum Gasteiger partial charge on any atom is 0.250 e. The number of rotatable bonds is 8. The summed E-state index contributed by atoms with van der Waals surface area (Å²) in [6, 6.07) is 7.26. The fourth-order valence-corrected chi connectivity index (χ4v) is 2.38. The third kappa shape index (κ3) is 5.32. The molecular weight excluding hydrogens is 369 g/mol. The highest BCUT2D eigenvalue weighted by Crippen LogP contribution is 2.25. The molecule has 2 rings (SSSR count). The van der Waals surface area contributed by atoms with Crippen LogP contribution < -0.4 is 15.4 Å². The molecule has 0 bridgehead atoms. The molecule has 2 amide bonds. The number of nitrogens with one attached hydrogen (secondary N) is 2. The van der Waals surface area contributed by atoms with Gasteiger partial charge < -0.3 is 20.5 Å². The molecule has 1 aromatic carbocycles. The zero-order valence-electron chi connectivity index (χ0n) is 12.9. The summed E-state index contributed by atoms with van der Waals surface area (Å²) < 4.78 is 5.58. The normalized spacial score (nSPS) is 11.5. The molecule has 0 spiro atoms. The highest BCUT2D eigenvalue weighted by atomic mass is 35.5. The van der Waals surface area contributed by atoms with Gasteiger partial charge >= 0.3 is 0 Å². The topological polar surface area (TPSA) is 101 Å². The third-order valence-corrected chi connectivity index (χ3v) is 3.91. The SMILES string of the molecule is O=CN[C@H](CO)C(=O)Nc1ccc(OCc2c(Cl)cccc2Cl)cn1. The quantitative estimate of drug-likeness (QED) is 0.605. The van der Waals surface area contributed by atoms with Gasteiger partial charge in [-0.3, -0.25) is 9.59 Å². The summed E-state index contributed by atoms with van der Waals surface area (Å²) in [4.78, 5) is 26.2. The van der Waals surface area contributed by atoms with E-state index in [1.165, 1.54) is 12.3 Å². The molecule has 0 saturated heterocycles. The van der Waals surface area contributed by atoms with Gasteiger partial charge in [-0.25, -0.2) is 4.98 Å². The van der Waals surface area contributed by atoms with E-state index in [0.29, 0.717) is 27.8 Å². The highest BCUT2D eigenvalue weighted by Gasteiger charge is 2.16. The van der Waals surface area contributed by atoms with Crippen LogP contribution in [-0.2, 0) is 16.2 Å². The van der Waals surface area contributed by atoms with Crippen molar-refractivity contribution in [1.29, 1.82) is 0 Å². The van der Waals surface area contributed by atoms with Crippen molar-refractivity contribution < 1.29 is 19.4 Å². The number of aliphatic hydroxyl groups excluding tert-OH is 1. The van der Waals surface area contributed by atoms with Crippen LogP contribution in [-0.4, -0.2) is 35.1 Å². The van der Waals surface area contributed by atoms with Gasteiger partial charge in [0.25, 0.3) is 0 Å². The molecule has 1 heterocycles. The summed E-state index contributed by atoms with van der Waals surface area (Å²) in [6.07, 6.45) is 1.76. The molecule has 3 N–H and O–H groups in total. The molecule has 0 fully saturated rings. The molecule has 0 aliphatic rings. The Morgan fingerprint density at radius 2 is 2.00 bits per heavy atom. The Morgan fingerprint density at radius 1 is 1.28 bits per heavy atom. The zero-order chi connectivity index (χ0) is 18.2. The Labute approximate surface area is 153 Å². The van der Waals surface area contributed by atoms with E-state index in [9.17, 15) is 9.59 Å². The Balaban J connectivity index is 1.96. The van der Waals surface area contributed by atoms with Crippen molar-refractivity contribution in [3.8, 4) is 5.75 Å². The smallest absolute Gasteiger partial charge is 0.250 e. The second-order valence-electron chi connectivity index (χ2n) is 4.88. The second-order valence-corrected chi connectivity index (χ2v) is 5.69. The van der Waals surface area contributed by atoms with E-state index < -0.39 is 18.6 Å². The summed E-state index contributed by atoms with van der Waals surface area (Å²) >= 11 is 12.1. The summed E-state index contributed by atoms with van der Waals surface area (Å²) in [6.45, 7) is -0.355. The maximum absolute atomic E-state index is 11.8. The van der Waals surface area contributed by atoms with Gasteiger partial charge in [0.1, 0.15) is 24.2 Å². The van der Waals surface area contributed by atoms with Gasteiger partial charge in [0.05, 0.1) is 12.8 Å². The van der Waals surface area contributed by atoms with Crippen LogP contribution in [0, 0.1) is 0 Å². The number of ether oxygens (including phenoxy) is 1. The Hall–Kier alpha value is -2.35. The molecule has 25 heavy (non-hydrogen) atoms. The Bertz CT molecular complexity index is 720. The van der Waals surface area contributed by atoms with E-state index in [1.807, 2.05) is 0 Å². The minimum atomic E-state index is -1.04. The summed E-state index contributed by atoms with van der Waals surface area (Å²) in [7, 11) is 0. The van der Waals surface area contributed by atoms with Crippen LogP contribution in [0.5, 0.6) is 5.75 Å². The molecule has 0 radical (unpaired) electrons. The van der Waals surface area contributed by atoms with E-state index >= 15 is 0 Å². The van der Waals surface area contributed by atoms with E-state index in [4.69, 9.17) is 33.0 Å². The van der Waals surface area contributed by atoms with Crippen LogP contribution in [0.1, 0.15) is 5.56 Å². The lowest BCUT2D eigenvalue weighted by Crippen LogP contribution is -2.42. The summed E-state index contributed by atoms with van der Waals surface area (Å²) in [5, 5.41) is 14.7. The van der Waals surface area contributed by atoms with Crippen LogP contribution in [0.2, 0.25) is 10.0 Å². The van der Waals surface area contributed by atoms with Crippen molar-refractivity contribution in [1.82, 2.24) is 10.3 Å². The molecule has 2 aromatic rings. The lowest BCUT2D eigenvalue weighted by atomic mass is 10.2. The van der Waals surface area contributed by atoms with Crippen LogP contribution in [0.15, 0.2) is 36.5 Å². The van der Waals surface area contributed by atoms with Gasteiger partial charge in [-0.1, -0.05) is 29.3 Å². The molecule has 1 atom stereocenters. The van der Waals surface area contributed by atoms with Gasteiger partial charge in [-0.05, 0) is 24.3 Å². The Kier molecular flexibility index (Phi) is 7.00. The molecule has 0 unspecified atom stereocenters. The summed E-state index contributed by atoms with van der Waals surface area (Å²) in [5.74, 6) is 0.122. The fourth-order valence-electron chi connectivity index (χ4n) is 1.87. The highest BCUT2D eigenvalue weighted by molar-refractivity contribution is 6.35.